The first-order chi connectivity index (χ1) is 13.9. The Labute approximate surface area is 166 Å². The summed E-state index contributed by atoms with van der Waals surface area (Å²) in [4.78, 5) is 19.9. The van der Waals surface area contributed by atoms with Crippen LogP contribution in [0.15, 0.2) is 29.4 Å². The third-order valence-corrected chi connectivity index (χ3v) is 5.88. The molecule has 4 heterocycles. The molecule has 0 radical (unpaired) electrons. The molecule has 152 valence electrons. The summed E-state index contributed by atoms with van der Waals surface area (Å²) in [5, 5.41) is -0.506. The number of hydrogen-bond acceptors (Lipinski definition) is 8. The first-order valence-electron chi connectivity index (χ1n) is 8.69. The molecular weight excluding hydrogens is 413 g/mol. The molecule has 0 aliphatic carbocycles. The first-order valence-corrected chi connectivity index (χ1v) is 9.57. The van der Waals surface area contributed by atoms with Crippen molar-refractivity contribution in [1.29, 1.82) is 0 Å². The maximum Gasteiger partial charge on any atom is 0.433 e. The summed E-state index contributed by atoms with van der Waals surface area (Å²) in [6.07, 6.45) is -5.79. The van der Waals surface area contributed by atoms with E-state index in [1.165, 1.54) is 0 Å². The number of alkyl halides is 3. The molecule has 29 heavy (non-hydrogen) atoms. The molecule has 5 rings (SSSR count). The van der Waals surface area contributed by atoms with E-state index in [4.69, 9.17) is 18.9 Å². The van der Waals surface area contributed by atoms with Crippen LogP contribution < -0.4 is 9.47 Å². The Hall–Kier alpha value is -2.37. The third kappa shape index (κ3) is 3.53. The third-order valence-electron chi connectivity index (χ3n) is 4.71. The van der Waals surface area contributed by atoms with Crippen molar-refractivity contribution in [3.05, 3.63) is 30.0 Å². The molecule has 0 amide bonds. The standard InChI is InChI=1S/C18H13F3N2O5S/c19-18(20,21)15-4-9(8-1-2-11-12(3-8)27-7-26-11)22-17(23-15)29-14-5-10(24)16-25-6-13(14)28-16/h1-4,13-14,16H,5-7H2/t13-,14-,16+/m1/s1. The van der Waals surface area contributed by atoms with Crippen LogP contribution >= 0.6 is 11.8 Å². The molecule has 1 aromatic heterocycles. The lowest BCUT2D eigenvalue weighted by Gasteiger charge is -2.25. The van der Waals surface area contributed by atoms with Gasteiger partial charge >= 0.3 is 6.18 Å². The zero-order chi connectivity index (χ0) is 20.2. The van der Waals surface area contributed by atoms with E-state index in [1.807, 2.05) is 0 Å². The van der Waals surface area contributed by atoms with Crippen molar-refractivity contribution < 1.29 is 36.9 Å². The second kappa shape index (κ2) is 6.85. The Kier molecular flexibility index (Phi) is 4.41. The van der Waals surface area contributed by atoms with Gasteiger partial charge in [0.2, 0.25) is 13.1 Å². The second-order valence-electron chi connectivity index (χ2n) is 6.65. The van der Waals surface area contributed by atoms with Crippen LogP contribution in [0, 0.1) is 0 Å². The number of fused-ring (bicyclic) bond motifs is 3. The van der Waals surface area contributed by atoms with E-state index in [0.29, 0.717) is 17.1 Å². The van der Waals surface area contributed by atoms with Crippen molar-refractivity contribution in [2.75, 3.05) is 13.4 Å². The van der Waals surface area contributed by atoms with E-state index in [-0.39, 0.29) is 36.5 Å². The zero-order valence-corrected chi connectivity index (χ0v) is 15.5. The Morgan fingerprint density at radius 1 is 1.10 bits per heavy atom. The lowest BCUT2D eigenvalue weighted by molar-refractivity contribution is -0.151. The summed E-state index contributed by atoms with van der Waals surface area (Å²) in [6, 6.07) is 5.68. The van der Waals surface area contributed by atoms with Crippen molar-refractivity contribution in [3.8, 4) is 22.8 Å². The number of carbonyl (C=O) groups excluding carboxylic acids is 1. The lowest BCUT2D eigenvalue weighted by atomic mass is 10.1. The predicted octanol–water partition coefficient (Wildman–Crippen LogP) is 3.07. The van der Waals surface area contributed by atoms with Gasteiger partial charge in [0, 0.05) is 17.2 Å². The van der Waals surface area contributed by atoms with Gasteiger partial charge in [0.1, 0.15) is 5.69 Å². The molecule has 1 aromatic carbocycles. The fourth-order valence-corrected chi connectivity index (χ4v) is 4.40. The number of carbonyl (C=O) groups is 1. The summed E-state index contributed by atoms with van der Waals surface area (Å²) in [5.41, 5.74) is -0.535. The van der Waals surface area contributed by atoms with Gasteiger partial charge in [-0.25, -0.2) is 9.97 Å². The average Bonchev–Trinajstić information content (AvgIpc) is 3.32. The van der Waals surface area contributed by atoms with Crippen LogP contribution in [0.25, 0.3) is 11.3 Å². The van der Waals surface area contributed by atoms with Gasteiger partial charge in [-0.05, 0) is 24.3 Å². The van der Waals surface area contributed by atoms with Gasteiger partial charge in [0.15, 0.2) is 22.4 Å². The van der Waals surface area contributed by atoms with Gasteiger partial charge in [-0.2, -0.15) is 13.2 Å². The smallest absolute Gasteiger partial charge is 0.433 e. The summed E-state index contributed by atoms with van der Waals surface area (Å²) in [5.74, 6) is 0.714. The molecule has 3 aliphatic rings. The molecule has 0 saturated carbocycles. The number of nitrogens with zero attached hydrogens (tertiary/aromatic N) is 2. The molecule has 2 saturated heterocycles. The zero-order valence-electron chi connectivity index (χ0n) is 14.6. The van der Waals surface area contributed by atoms with Gasteiger partial charge < -0.3 is 18.9 Å². The monoisotopic (exact) mass is 426 g/mol. The highest BCUT2D eigenvalue weighted by molar-refractivity contribution is 7.99. The van der Waals surface area contributed by atoms with Crippen LogP contribution in [0.1, 0.15) is 12.1 Å². The number of hydrogen-bond donors (Lipinski definition) is 0. The molecule has 3 atom stereocenters. The first kappa shape index (κ1) is 18.6. The van der Waals surface area contributed by atoms with Crippen LogP contribution in [0.5, 0.6) is 11.5 Å². The molecular formula is C18H13F3N2O5S. The Balaban J connectivity index is 1.50. The van der Waals surface area contributed by atoms with Gasteiger partial charge in [0.25, 0.3) is 0 Å². The maximum absolute atomic E-state index is 13.4. The van der Waals surface area contributed by atoms with E-state index in [2.05, 4.69) is 9.97 Å². The topological polar surface area (TPSA) is 79.8 Å². The van der Waals surface area contributed by atoms with Gasteiger partial charge in [0.05, 0.1) is 18.4 Å². The molecule has 3 aliphatic heterocycles. The highest BCUT2D eigenvalue weighted by atomic mass is 32.2. The van der Waals surface area contributed by atoms with Gasteiger partial charge in [-0.1, -0.05) is 11.8 Å². The van der Waals surface area contributed by atoms with Gasteiger partial charge in [-0.15, -0.1) is 0 Å². The van der Waals surface area contributed by atoms with Crippen LogP contribution in [0.4, 0.5) is 13.2 Å². The number of ketones is 1. The Morgan fingerprint density at radius 2 is 1.93 bits per heavy atom. The molecule has 0 N–H and O–H groups in total. The highest BCUT2D eigenvalue weighted by Gasteiger charge is 2.44. The number of aromatic nitrogens is 2. The minimum absolute atomic E-state index is 0.0532. The summed E-state index contributed by atoms with van der Waals surface area (Å²) in [7, 11) is 0. The van der Waals surface area contributed by atoms with E-state index in [1.54, 1.807) is 18.2 Å². The summed E-state index contributed by atoms with van der Waals surface area (Å²) < 4.78 is 61.5. The SMILES string of the molecule is O=C1C[C@@H](Sc2nc(-c3ccc4c(c3)OCO4)cc(C(F)(F)F)n2)[C@H]2CO[C@H]1O2. The van der Waals surface area contributed by atoms with Crippen LogP contribution in [0.3, 0.4) is 0 Å². The van der Waals surface area contributed by atoms with Crippen molar-refractivity contribution in [2.45, 2.75) is 35.4 Å². The van der Waals surface area contributed by atoms with Crippen molar-refractivity contribution >= 4 is 17.5 Å². The molecule has 7 nitrogen and oxygen atoms in total. The predicted molar refractivity (Wildman–Crippen MR) is 92.5 cm³/mol. The second-order valence-corrected chi connectivity index (χ2v) is 7.86. The Bertz CT molecular complexity index is 986. The van der Waals surface area contributed by atoms with Crippen molar-refractivity contribution in [2.24, 2.45) is 0 Å². The van der Waals surface area contributed by atoms with Crippen molar-refractivity contribution in [1.82, 2.24) is 9.97 Å². The van der Waals surface area contributed by atoms with Crippen LogP contribution in [-0.4, -0.2) is 46.8 Å². The summed E-state index contributed by atoms with van der Waals surface area (Å²) >= 11 is 0.988. The van der Waals surface area contributed by atoms with Crippen LogP contribution in [0.2, 0.25) is 0 Å². The lowest BCUT2D eigenvalue weighted by Crippen LogP contribution is -2.37. The van der Waals surface area contributed by atoms with Crippen molar-refractivity contribution in [3.63, 3.8) is 0 Å². The maximum atomic E-state index is 13.4. The fourth-order valence-electron chi connectivity index (χ4n) is 3.29. The number of rotatable bonds is 3. The number of ether oxygens (including phenoxy) is 4. The molecule has 0 unspecified atom stereocenters. The quantitative estimate of drug-likeness (QED) is 0.693. The number of benzene rings is 1. The van der Waals surface area contributed by atoms with E-state index in [9.17, 15) is 18.0 Å². The number of thioether (sulfide) groups is 1. The average molecular weight is 426 g/mol. The number of Topliss-reactive ketones (excluding diaryl/α,β-unsaturated/α-hetero) is 1. The molecule has 2 fully saturated rings. The molecule has 11 heteroatoms. The highest BCUT2D eigenvalue weighted by Crippen LogP contribution is 2.39. The number of halogens is 3. The minimum Gasteiger partial charge on any atom is -0.454 e. The minimum atomic E-state index is -4.65. The molecule has 2 aromatic rings. The molecule has 2 bridgehead atoms. The van der Waals surface area contributed by atoms with E-state index in [0.717, 1.165) is 17.8 Å². The molecule has 0 spiro atoms. The summed E-state index contributed by atoms with van der Waals surface area (Å²) in [6.45, 7) is 0.264. The van der Waals surface area contributed by atoms with Crippen LogP contribution in [-0.2, 0) is 20.4 Å². The van der Waals surface area contributed by atoms with E-state index < -0.39 is 29.5 Å². The van der Waals surface area contributed by atoms with Gasteiger partial charge in [-0.3, -0.25) is 4.79 Å². The fraction of sp³-hybridized carbons (Fsp3) is 0.389. The normalized spacial score (nSPS) is 25.5. The largest absolute Gasteiger partial charge is 0.454 e. The Morgan fingerprint density at radius 3 is 2.76 bits per heavy atom. The van der Waals surface area contributed by atoms with E-state index >= 15 is 0 Å².